The quantitative estimate of drug-likeness (QED) is 0.635. The summed E-state index contributed by atoms with van der Waals surface area (Å²) in [4.78, 5) is 24.9. The first-order chi connectivity index (χ1) is 8.06. The van der Waals surface area contributed by atoms with E-state index in [0.717, 1.165) is 17.8 Å². The Hall–Kier alpha value is -1.23. The summed E-state index contributed by atoms with van der Waals surface area (Å²) in [5, 5.41) is 0.751. The minimum absolute atomic E-state index is 0.182. The van der Waals surface area contributed by atoms with E-state index >= 15 is 0 Å². The van der Waals surface area contributed by atoms with Gasteiger partial charge in [0.1, 0.15) is 5.82 Å². The molecule has 0 saturated carbocycles. The number of hydrogen-bond donors (Lipinski definition) is 0. The van der Waals surface area contributed by atoms with Crippen LogP contribution in [0.1, 0.15) is 22.3 Å². The lowest BCUT2D eigenvalue weighted by molar-refractivity contribution is -0.114. The van der Waals surface area contributed by atoms with Crippen LogP contribution in [-0.4, -0.2) is 23.6 Å². The van der Waals surface area contributed by atoms with E-state index in [4.69, 9.17) is 0 Å². The summed E-state index contributed by atoms with van der Waals surface area (Å²) in [6.07, 6.45) is 0.745. The molecule has 5 heteroatoms. The Balaban J connectivity index is 2.48. The zero-order valence-electron chi connectivity index (χ0n) is 9.30. The van der Waals surface area contributed by atoms with E-state index in [-0.39, 0.29) is 5.56 Å². The summed E-state index contributed by atoms with van der Waals surface area (Å²) < 4.78 is 13.2. The van der Waals surface area contributed by atoms with Gasteiger partial charge in [0, 0.05) is 11.9 Å². The molecule has 0 fully saturated rings. The maximum Gasteiger partial charge on any atom is 0.299 e. The van der Waals surface area contributed by atoms with E-state index in [2.05, 4.69) is 15.9 Å². The van der Waals surface area contributed by atoms with Crippen LogP contribution < -0.4 is 4.90 Å². The lowest BCUT2D eigenvalue weighted by Crippen LogP contribution is -2.31. The standard InChI is InChI=1S/C12H11BrFNO2/c1-7-5-8(14)6-9-10(7)15(4-2-3-13)12(17)11(9)16/h5-6H,2-4H2,1H3. The molecule has 2 rings (SSSR count). The first-order valence-corrected chi connectivity index (χ1v) is 6.40. The van der Waals surface area contributed by atoms with Crippen molar-refractivity contribution in [1.82, 2.24) is 0 Å². The Kier molecular flexibility index (Phi) is 3.28. The van der Waals surface area contributed by atoms with Crippen LogP contribution in [0.15, 0.2) is 12.1 Å². The molecule has 0 N–H and O–H groups in total. The maximum absolute atomic E-state index is 13.2. The molecular weight excluding hydrogens is 289 g/mol. The number of halogens is 2. The fourth-order valence-corrected chi connectivity index (χ4v) is 2.29. The molecule has 0 saturated heterocycles. The SMILES string of the molecule is Cc1cc(F)cc2c1N(CCCBr)C(=O)C2=O. The van der Waals surface area contributed by atoms with Gasteiger partial charge in [0.15, 0.2) is 0 Å². The van der Waals surface area contributed by atoms with E-state index in [9.17, 15) is 14.0 Å². The molecule has 0 bridgehead atoms. The Morgan fingerprint density at radius 1 is 1.35 bits per heavy atom. The van der Waals surface area contributed by atoms with E-state index in [0.29, 0.717) is 17.8 Å². The van der Waals surface area contributed by atoms with Gasteiger partial charge in [-0.3, -0.25) is 9.59 Å². The van der Waals surface area contributed by atoms with E-state index in [1.54, 1.807) is 6.92 Å². The van der Waals surface area contributed by atoms with Gasteiger partial charge < -0.3 is 4.90 Å². The van der Waals surface area contributed by atoms with Crippen LogP contribution in [0.4, 0.5) is 10.1 Å². The van der Waals surface area contributed by atoms with Gasteiger partial charge >= 0.3 is 0 Å². The number of anilines is 1. The third-order valence-corrected chi connectivity index (χ3v) is 3.30. The molecule has 1 aliphatic heterocycles. The van der Waals surface area contributed by atoms with Gasteiger partial charge in [0.25, 0.3) is 11.7 Å². The van der Waals surface area contributed by atoms with Gasteiger partial charge in [-0.25, -0.2) is 4.39 Å². The second-order valence-corrected chi connectivity index (χ2v) is 4.74. The van der Waals surface area contributed by atoms with Crippen molar-refractivity contribution in [2.75, 3.05) is 16.8 Å². The van der Waals surface area contributed by atoms with Crippen LogP contribution in [0.2, 0.25) is 0 Å². The number of nitrogens with zero attached hydrogens (tertiary/aromatic N) is 1. The smallest absolute Gasteiger partial charge is 0.299 e. The van der Waals surface area contributed by atoms with Gasteiger partial charge in [0.05, 0.1) is 11.3 Å². The van der Waals surface area contributed by atoms with Crippen molar-refractivity contribution >= 4 is 33.3 Å². The molecule has 90 valence electrons. The fourth-order valence-electron chi connectivity index (χ4n) is 2.04. The molecule has 1 heterocycles. The molecule has 0 spiro atoms. The van der Waals surface area contributed by atoms with Gasteiger partial charge in [-0.1, -0.05) is 15.9 Å². The first kappa shape index (κ1) is 12.2. The third-order valence-electron chi connectivity index (χ3n) is 2.73. The van der Waals surface area contributed by atoms with Crippen LogP contribution in [0.3, 0.4) is 0 Å². The zero-order valence-corrected chi connectivity index (χ0v) is 10.9. The monoisotopic (exact) mass is 299 g/mol. The van der Waals surface area contributed by atoms with Crippen molar-refractivity contribution in [3.05, 3.63) is 29.1 Å². The van der Waals surface area contributed by atoms with Crippen molar-refractivity contribution in [2.24, 2.45) is 0 Å². The normalized spacial score (nSPS) is 14.4. The number of hydrogen-bond acceptors (Lipinski definition) is 2. The number of aryl methyl sites for hydroxylation is 1. The number of benzene rings is 1. The predicted octanol–water partition coefficient (Wildman–Crippen LogP) is 2.45. The average Bonchev–Trinajstić information content (AvgIpc) is 2.51. The topological polar surface area (TPSA) is 37.4 Å². The van der Waals surface area contributed by atoms with Crippen molar-refractivity contribution in [3.8, 4) is 0 Å². The highest BCUT2D eigenvalue weighted by Crippen LogP contribution is 2.33. The van der Waals surface area contributed by atoms with Crippen LogP contribution in [-0.2, 0) is 4.79 Å². The lowest BCUT2D eigenvalue weighted by atomic mass is 10.1. The van der Waals surface area contributed by atoms with Crippen LogP contribution in [0.5, 0.6) is 0 Å². The molecule has 3 nitrogen and oxygen atoms in total. The number of carbonyl (C=O) groups excluding carboxylic acids is 2. The summed E-state index contributed by atoms with van der Waals surface area (Å²) in [5.41, 5.74) is 1.36. The number of carbonyl (C=O) groups is 2. The van der Waals surface area contributed by atoms with E-state index < -0.39 is 17.5 Å². The average molecular weight is 300 g/mol. The van der Waals surface area contributed by atoms with Gasteiger partial charge in [-0.15, -0.1) is 0 Å². The molecule has 1 aromatic carbocycles. The number of fused-ring (bicyclic) bond motifs is 1. The van der Waals surface area contributed by atoms with E-state index in [1.165, 1.54) is 11.0 Å². The number of alkyl halides is 1. The predicted molar refractivity (Wildman–Crippen MR) is 66.2 cm³/mol. The highest BCUT2D eigenvalue weighted by atomic mass is 79.9. The molecule has 0 aromatic heterocycles. The summed E-state index contributed by atoms with van der Waals surface area (Å²) in [5.74, 6) is -1.66. The molecule has 0 radical (unpaired) electrons. The van der Waals surface area contributed by atoms with Crippen molar-refractivity contribution < 1.29 is 14.0 Å². The van der Waals surface area contributed by atoms with Gasteiger partial charge in [0.2, 0.25) is 0 Å². The largest absolute Gasteiger partial charge is 0.304 e. The molecule has 17 heavy (non-hydrogen) atoms. The lowest BCUT2D eigenvalue weighted by Gasteiger charge is -2.17. The summed E-state index contributed by atoms with van der Waals surface area (Å²) in [7, 11) is 0. The van der Waals surface area contributed by atoms with E-state index in [1.807, 2.05) is 0 Å². The molecule has 1 amide bonds. The molecular formula is C12H11BrFNO2. The van der Waals surface area contributed by atoms with Gasteiger partial charge in [-0.2, -0.15) is 0 Å². The Morgan fingerprint density at radius 2 is 2.06 bits per heavy atom. The molecule has 0 aliphatic carbocycles. The van der Waals surface area contributed by atoms with Crippen LogP contribution >= 0.6 is 15.9 Å². The number of ketones is 1. The Labute approximate surface area is 107 Å². The van der Waals surface area contributed by atoms with Crippen molar-refractivity contribution in [2.45, 2.75) is 13.3 Å². The zero-order chi connectivity index (χ0) is 12.6. The third kappa shape index (κ3) is 1.99. The molecule has 1 aromatic rings. The van der Waals surface area contributed by atoms with Crippen molar-refractivity contribution in [3.63, 3.8) is 0 Å². The fraction of sp³-hybridized carbons (Fsp3) is 0.333. The molecule has 0 atom stereocenters. The second kappa shape index (κ2) is 4.56. The molecule has 1 aliphatic rings. The first-order valence-electron chi connectivity index (χ1n) is 5.28. The van der Waals surface area contributed by atoms with Gasteiger partial charge in [-0.05, 0) is 31.0 Å². The highest BCUT2D eigenvalue weighted by molar-refractivity contribution is 9.09. The number of Topliss-reactive ketones (excluding diaryl/α,β-unsaturated/α-hetero) is 1. The summed E-state index contributed by atoms with van der Waals surface area (Å²) >= 11 is 3.28. The summed E-state index contributed by atoms with van der Waals surface area (Å²) in [6.45, 7) is 2.17. The Morgan fingerprint density at radius 3 is 2.71 bits per heavy atom. The minimum Gasteiger partial charge on any atom is -0.304 e. The second-order valence-electron chi connectivity index (χ2n) is 3.95. The minimum atomic E-state index is -0.614. The number of rotatable bonds is 3. The van der Waals surface area contributed by atoms with Crippen LogP contribution in [0.25, 0.3) is 0 Å². The summed E-state index contributed by atoms with van der Waals surface area (Å²) in [6, 6.07) is 2.47. The van der Waals surface area contributed by atoms with Crippen molar-refractivity contribution in [1.29, 1.82) is 0 Å². The molecule has 0 unspecified atom stereocenters. The Bertz CT molecular complexity index is 502. The maximum atomic E-state index is 13.2. The highest BCUT2D eigenvalue weighted by Gasteiger charge is 2.36. The van der Waals surface area contributed by atoms with Crippen LogP contribution in [0, 0.1) is 12.7 Å². The number of amides is 1.